The lowest BCUT2D eigenvalue weighted by atomic mass is 9.93. The normalized spacial score (nSPS) is 31.1. The molecule has 2 aromatic rings. The second kappa shape index (κ2) is 4.00. The zero-order chi connectivity index (χ0) is 12.1. The Morgan fingerprint density at radius 1 is 1.22 bits per heavy atom. The predicted octanol–water partition coefficient (Wildman–Crippen LogP) is 3.43. The van der Waals surface area contributed by atoms with Gasteiger partial charge in [-0.1, -0.05) is 0 Å². The SMILES string of the molecule is Fc1ccc2sc(C3CC4CC[C@@H](C3)N4)nc2c1. The number of halogens is 1. The lowest BCUT2D eigenvalue weighted by molar-refractivity contribution is 0.363. The molecule has 2 nitrogen and oxygen atoms in total. The number of hydrogen-bond donors (Lipinski definition) is 1. The van der Waals surface area contributed by atoms with Gasteiger partial charge in [-0.2, -0.15) is 0 Å². The summed E-state index contributed by atoms with van der Waals surface area (Å²) >= 11 is 1.74. The first-order valence-electron chi connectivity index (χ1n) is 6.60. The minimum atomic E-state index is -0.190. The van der Waals surface area contributed by atoms with Crippen molar-refractivity contribution in [3.05, 3.63) is 29.0 Å². The molecule has 0 spiro atoms. The highest BCUT2D eigenvalue weighted by Gasteiger charge is 2.35. The van der Waals surface area contributed by atoms with Gasteiger partial charge in [-0.15, -0.1) is 11.3 Å². The fourth-order valence-electron chi connectivity index (χ4n) is 3.35. The van der Waals surface area contributed by atoms with Crippen LogP contribution in [0.3, 0.4) is 0 Å². The first-order valence-corrected chi connectivity index (χ1v) is 7.41. The second-order valence-corrected chi connectivity index (χ2v) is 6.53. The van der Waals surface area contributed by atoms with E-state index in [1.807, 2.05) is 6.07 Å². The van der Waals surface area contributed by atoms with Gasteiger partial charge in [0.1, 0.15) is 5.82 Å². The first-order chi connectivity index (χ1) is 8.78. The molecule has 18 heavy (non-hydrogen) atoms. The molecule has 1 aromatic heterocycles. The monoisotopic (exact) mass is 262 g/mol. The quantitative estimate of drug-likeness (QED) is 0.851. The number of nitrogens with zero attached hydrogens (tertiary/aromatic N) is 1. The van der Waals surface area contributed by atoms with Gasteiger partial charge in [0.25, 0.3) is 0 Å². The molecule has 1 aromatic carbocycles. The first kappa shape index (κ1) is 10.9. The molecule has 94 valence electrons. The number of rotatable bonds is 1. The fourth-order valence-corrected chi connectivity index (χ4v) is 4.43. The van der Waals surface area contributed by atoms with Crippen molar-refractivity contribution in [3.8, 4) is 0 Å². The molecule has 0 aliphatic carbocycles. The average Bonchev–Trinajstić information content (AvgIpc) is 2.92. The van der Waals surface area contributed by atoms with Crippen LogP contribution in [0, 0.1) is 5.82 Å². The van der Waals surface area contributed by atoms with Crippen molar-refractivity contribution in [3.63, 3.8) is 0 Å². The van der Waals surface area contributed by atoms with Crippen LogP contribution in [-0.4, -0.2) is 17.1 Å². The molecule has 0 radical (unpaired) electrons. The third-order valence-corrected chi connectivity index (χ3v) is 5.39. The largest absolute Gasteiger partial charge is 0.311 e. The summed E-state index contributed by atoms with van der Waals surface area (Å²) in [5, 5.41) is 4.85. The summed E-state index contributed by atoms with van der Waals surface area (Å²) in [6.07, 6.45) is 5.00. The van der Waals surface area contributed by atoms with Gasteiger partial charge in [0, 0.05) is 24.1 Å². The third-order valence-electron chi connectivity index (χ3n) is 4.19. The summed E-state index contributed by atoms with van der Waals surface area (Å²) in [5.74, 6) is 0.383. The second-order valence-electron chi connectivity index (χ2n) is 5.47. The van der Waals surface area contributed by atoms with E-state index < -0.39 is 0 Å². The number of benzene rings is 1. The van der Waals surface area contributed by atoms with Crippen LogP contribution < -0.4 is 5.32 Å². The Balaban J connectivity index is 1.70. The molecule has 3 heterocycles. The van der Waals surface area contributed by atoms with E-state index in [9.17, 15) is 4.39 Å². The molecule has 4 rings (SSSR count). The fraction of sp³-hybridized carbons (Fsp3) is 0.500. The van der Waals surface area contributed by atoms with E-state index in [0.717, 1.165) is 10.2 Å². The van der Waals surface area contributed by atoms with Crippen molar-refractivity contribution in [2.75, 3.05) is 0 Å². The van der Waals surface area contributed by atoms with E-state index in [4.69, 9.17) is 0 Å². The lowest BCUT2D eigenvalue weighted by Gasteiger charge is -2.27. The van der Waals surface area contributed by atoms with Crippen LogP contribution in [0.1, 0.15) is 36.6 Å². The molecule has 2 unspecified atom stereocenters. The maximum absolute atomic E-state index is 13.2. The number of nitrogens with one attached hydrogen (secondary N) is 1. The van der Waals surface area contributed by atoms with Crippen molar-refractivity contribution < 1.29 is 4.39 Å². The zero-order valence-corrected chi connectivity index (χ0v) is 10.8. The van der Waals surface area contributed by atoms with Crippen molar-refractivity contribution in [1.82, 2.24) is 10.3 Å². The molecule has 2 bridgehead atoms. The number of aromatic nitrogens is 1. The van der Waals surface area contributed by atoms with Gasteiger partial charge in [-0.05, 0) is 37.8 Å². The Morgan fingerprint density at radius 2 is 2.00 bits per heavy atom. The molecule has 1 N–H and O–H groups in total. The van der Waals surface area contributed by atoms with Gasteiger partial charge >= 0.3 is 0 Å². The van der Waals surface area contributed by atoms with Crippen molar-refractivity contribution in [2.24, 2.45) is 0 Å². The molecule has 2 aliphatic rings. The Kier molecular flexibility index (Phi) is 2.42. The minimum Gasteiger partial charge on any atom is -0.311 e. The van der Waals surface area contributed by atoms with Gasteiger partial charge in [-0.25, -0.2) is 9.37 Å². The Morgan fingerprint density at radius 3 is 2.78 bits per heavy atom. The number of piperidine rings is 1. The van der Waals surface area contributed by atoms with E-state index in [1.165, 1.54) is 36.8 Å². The minimum absolute atomic E-state index is 0.190. The Bertz CT molecular complexity index is 582. The van der Waals surface area contributed by atoms with Crippen LogP contribution >= 0.6 is 11.3 Å². The van der Waals surface area contributed by atoms with Crippen molar-refractivity contribution in [2.45, 2.75) is 43.7 Å². The lowest BCUT2D eigenvalue weighted by Crippen LogP contribution is -2.37. The number of thiazole rings is 1. The van der Waals surface area contributed by atoms with Gasteiger partial charge in [0.2, 0.25) is 0 Å². The topological polar surface area (TPSA) is 24.9 Å². The third kappa shape index (κ3) is 1.75. The maximum atomic E-state index is 13.2. The van der Waals surface area contributed by atoms with Crippen molar-refractivity contribution >= 4 is 21.6 Å². The molecule has 0 saturated carbocycles. The molecule has 2 aliphatic heterocycles. The molecule has 4 heteroatoms. The highest BCUT2D eigenvalue weighted by atomic mass is 32.1. The predicted molar refractivity (Wildman–Crippen MR) is 71.5 cm³/mol. The van der Waals surface area contributed by atoms with Crippen molar-refractivity contribution in [1.29, 1.82) is 0 Å². The summed E-state index contributed by atoms with van der Waals surface area (Å²) in [4.78, 5) is 4.64. The molecule has 2 saturated heterocycles. The Hall–Kier alpha value is -1.00. The van der Waals surface area contributed by atoms with Crippen LogP contribution in [0.15, 0.2) is 18.2 Å². The number of hydrogen-bond acceptors (Lipinski definition) is 3. The number of fused-ring (bicyclic) bond motifs is 3. The van der Waals surface area contributed by atoms with E-state index in [-0.39, 0.29) is 5.82 Å². The highest BCUT2D eigenvalue weighted by Crippen LogP contribution is 2.39. The van der Waals surface area contributed by atoms with E-state index in [1.54, 1.807) is 17.4 Å². The van der Waals surface area contributed by atoms with E-state index in [0.29, 0.717) is 18.0 Å². The van der Waals surface area contributed by atoms with Gasteiger partial charge in [0.15, 0.2) is 0 Å². The van der Waals surface area contributed by atoms with E-state index >= 15 is 0 Å². The standard InChI is InChI=1S/C14H15FN2S/c15-9-1-4-13-12(7-9)17-14(18-13)8-5-10-2-3-11(6-8)16-10/h1,4,7-8,10-11,16H,2-3,5-6H2/t8?,10-,11?/m0/s1. The summed E-state index contributed by atoms with van der Waals surface area (Å²) in [6, 6.07) is 6.28. The highest BCUT2D eigenvalue weighted by molar-refractivity contribution is 7.18. The van der Waals surface area contributed by atoms with Crippen LogP contribution in [-0.2, 0) is 0 Å². The van der Waals surface area contributed by atoms with Gasteiger partial charge in [-0.3, -0.25) is 0 Å². The summed E-state index contributed by atoms with van der Waals surface area (Å²) < 4.78 is 14.3. The Labute approximate surface area is 109 Å². The van der Waals surface area contributed by atoms with Crippen LogP contribution in [0.25, 0.3) is 10.2 Å². The smallest absolute Gasteiger partial charge is 0.125 e. The molecular weight excluding hydrogens is 247 g/mol. The van der Waals surface area contributed by atoms with Crippen LogP contribution in [0.4, 0.5) is 4.39 Å². The zero-order valence-electron chi connectivity index (χ0n) is 10.0. The maximum Gasteiger partial charge on any atom is 0.125 e. The van der Waals surface area contributed by atoms with Crippen LogP contribution in [0.2, 0.25) is 0 Å². The molecular formula is C14H15FN2S. The van der Waals surface area contributed by atoms with Crippen LogP contribution in [0.5, 0.6) is 0 Å². The summed E-state index contributed by atoms with van der Waals surface area (Å²) in [5.41, 5.74) is 0.820. The summed E-state index contributed by atoms with van der Waals surface area (Å²) in [7, 11) is 0. The summed E-state index contributed by atoms with van der Waals surface area (Å²) in [6.45, 7) is 0. The molecule has 0 amide bonds. The van der Waals surface area contributed by atoms with Gasteiger partial charge in [0.05, 0.1) is 15.2 Å². The molecule has 2 fully saturated rings. The van der Waals surface area contributed by atoms with Gasteiger partial charge < -0.3 is 5.32 Å². The molecule has 3 atom stereocenters. The van der Waals surface area contributed by atoms with E-state index in [2.05, 4.69) is 10.3 Å². The average molecular weight is 262 g/mol.